The summed E-state index contributed by atoms with van der Waals surface area (Å²) < 4.78 is 62.5. The van der Waals surface area contributed by atoms with E-state index in [0.29, 0.717) is 0 Å². The SMILES string of the molecule is CS(=O)(=O)OCc1cccc(C(F)(F)F)c1. The van der Waals surface area contributed by atoms with Gasteiger partial charge in [-0.05, 0) is 17.7 Å². The molecule has 0 fully saturated rings. The lowest BCUT2D eigenvalue weighted by atomic mass is 10.1. The van der Waals surface area contributed by atoms with Gasteiger partial charge in [0.2, 0.25) is 0 Å². The third-order valence-electron chi connectivity index (χ3n) is 1.69. The van der Waals surface area contributed by atoms with Gasteiger partial charge in [-0.2, -0.15) is 21.6 Å². The van der Waals surface area contributed by atoms with Crippen LogP contribution in [0.25, 0.3) is 0 Å². The Bertz CT molecular complexity index is 465. The van der Waals surface area contributed by atoms with Crippen molar-refractivity contribution >= 4 is 10.1 Å². The molecule has 0 saturated heterocycles. The molecule has 0 amide bonds. The Morgan fingerprint density at radius 3 is 2.44 bits per heavy atom. The molecule has 0 radical (unpaired) electrons. The number of hydrogen-bond donors (Lipinski definition) is 0. The molecular weight excluding hydrogens is 245 g/mol. The molecule has 0 spiro atoms. The minimum atomic E-state index is -4.44. The number of benzene rings is 1. The molecule has 0 bridgehead atoms. The molecule has 0 N–H and O–H groups in total. The molecule has 3 nitrogen and oxygen atoms in total. The largest absolute Gasteiger partial charge is 0.416 e. The van der Waals surface area contributed by atoms with E-state index in [-0.39, 0.29) is 5.56 Å². The summed E-state index contributed by atoms with van der Waals surface area (Å²) in [5.41, 5.74) is -0.678. The molecule has 0 aliphatic carbocycles. The molecule has 0 saturated carbocycles. The first kappa shape index (κ1) is 13.0. The smallest absolute Gasteiger partial charge is 0.265 e. The molecule has 1 rings (SSSR count). The van der Waals surface area contributed by atoms with Crippen LogP contribution in [0.15, 0.2) is 24.3 Å². The van der Waals surface area contributed by atoms with Crippen LogP contribution in [0.1, 0.15) is 11.1 Å². The second-order valence-electron chi connectivity index (χ2n) is 3.16. The van der Waals surface area contributed by atoms with E-state index in [9.17, 15) is 21.6 Å². The average Bonchev–Trinajstić information content (AvgIpc) is 2.13. The molecule has 16 heavy (non-hydrogen) atoms. The first-order valence-corrected chi connectivity index (χ1v) is 6.01. The summed E-state index contributed by atoms with van der Waals surface area (Å²) in [5, 5.41) is 0. The summed E-state index contributed by atoms with van der Waals surface area (Å²) in [5.74, 6) is 0. The van der Waals surface area contributed by atoms with E-state index in [1.54, 1.807) is 0 Å². The lowest BCUT2D eigenvalue weighted by molar-refractivity contribution is -0.137. The molecular formula is C9H9F3O3S. The minimum Gasteiger partial charge on any atom is -0.265 e. The quantitative estimate of drug-likeness (QED) is 0.776. The molecule has 0 unspecified atom stereocenters. The van der Waals surface area contributed by atoms with E-state index < -0.39 is 28.5 Å². The Labute approximate surface area is 91.0 Å². The minimum absolute atomic E-state index is 0.153. The molecule has 0 heterocycles. The maximum atomic E-state index is 12.3. The van der Waals surface area contributed by atoms with Gasteiger partial charge in [-0.3, -0.25) is 4.18 Å². The van der Waals surface area contributed by atoms with Crippen LogP contribution in [0.3, 0.4) is 0 Å². The van der Waals surface area contributed by atoms with Crippen molar-refractivity contribution in [1.82, 2.24) is 0 Å². The Balaban J connectivity index is 2.84. The van der Waals surface area contributed by atoms with Crippen molar-refractivity contribution in [3.05, 3.63) is 35.4 Å². The van der Waals surface area contributed by atoms with Crippen molar-refractivity contribution in [2.75, 3.05) is 6.26 Å². The zero-order chi connectivity index (χ0) is 12.4. The van der Waals surface area contributed by atoms with Gasteiger partial charge in [0, 0.05) is 0 Å². The normalized spacial score (nSPS) is 12.8. The van der Waals surface area contributed by atoms with Gasteiger partial charge in [-0.1, -0.05) is 12.1 Å². The lowest BCUT2D eigenvalue weighted by Gasteiger charge is -2.08. The molecule has 90 valence electrons. The van der Waals surface area contributed by atoms with Crippen LogP contribution in [-0.4, -0.2) is 14.7 Å². The van der Waals surface area contributed by atoms with Gasteiger partial charge in [0.05, 0.1) is 18.4 Å². The number of alkyl halides is 3. The molecule has 7 heteroatoms. The monoisotopic (exact) mass is 254 g/mol. The highest BCUT2D eigenvalue weighted by Crippen LogP contribution is 2.29. The van der Waals surface area contributed by atoms with Crippen LogP contribution >= 0.6 is 0 Å². The number of rotatable bonds is 3. The maximum Gasteiger partial charge on any atom is 0.416 e. The summed E-state index contributed by atoms with van der Waals surface area (Å²) in [7, 11) is -3.65. The van der Waals surface area contributed by atoms with E-state index in [2.05, 4.69) is 4.18 Å². The van der Waals surface area contributed by atoms with Gasteiger partial charge in [0.15, 0.2) is 0 Å². The highest BCUT2D eigenvalue weighted by Gasteiger charge is 2.30. The summed E-state index contributed by atoms with van der Waals surface area (Å²) in [4.78, 5) is 0. The zero-order valence-electron chi connectivity index (χ0n) is 8.28. The van der Waals surface area contributed by atoms with Crippen molar-refractivity contribution < 1.29 is 25.8 Å². The summed E-state index contributed by atoms with van der Waals surface area (Å²) in [6.07, 6.45) is -3.61. The second kappa shape index (κ2) is 4.42. The van der Waals surface area contributed by atoms with Gasteiger partial charge in [-0.15, -0.1) is 0 Å². The van der Waals surface area contributed by atoms with Gasteiger partial charge in [0.1, 0.15) is 0 Å². The first-order valence-electron chi connectivity index (χ1n) is 4.19. The number of hydrogen-bond acceptors (Lipinski definition) is 3. The second-order valence-corrected chi connectivity index (χ2v) is 4.81. The lowest BCUT2D eigenvalue weighted by Crippen LogP contribution is -2.07. The highest BCUT2D eigenvalue weighted by molar-refractivity contribution is 7.85. The average molecular weight is 254 g/mol. The highest BCUT2D eigenvalue weighted by atomic mass is 32.2. The van der Waals surface area contributed by atoms with Gasteiger partial charge >= 0.3 is 6.18 Å². The van der Waals surface area contributed by atoms with Gasteiger partial charge < -0.3 is 0 Å². The third-order valence-corrected chi connectivity index (χ3v) is 2.24. The Morgan fingerprint density at radius 1 is 1.31 bits per heavy atom. The van der Waals surface area contributed by atoms with E-state index in [1.807, 2.05) is 0 Å². The van der Waals surface area contributed by atoms with E-state index >= 15 is 0 Å². The van der Waals surface area contributed by atoms with Crippen molar-refractivity contribution in [3.8, 4) is 0 Å². The predicted molar refractivity (Wildman–Crippen MR) is 51.1 cm³/mol. The van der Waals surface area contributed by atoms with Gasteiger partial charge in [-0.25, -0.2) is 0 Å². The van der Waals surface area contributed by atoms with Crippen LogP contribution in [0, 0.1) is 0 Å². The standard InChI is InChI=1S/C9H9F3O3S/c1-16(13,14)15-6-7-3-2-4-8(5-7)9(10,11)12/h2-5H,6H2,1H3. The fraction of sp³-hybridized carbons (Fsp3) is 0.333. The van der Waals surface area contributed by atoms with Crippen molar-refractivity contribution in [2.45, 2.75) is 12.8 Å². The van der Waals surface area contributed by atoms with Crippen LogP contribution in [-0.2, 0) is 27.1 Å². The van der Waals surface area contributed by atoms with Crippen LogP contribution in [0.5, 0.6) is 0 Å². The molecule has 0 aliphatic rings. The van der Waals surface area contributed by atoms with E-state index in [4.69, 9.17) is 0 Å². The number of halogens is 3. The maximum absolute atomic E-state index is 12.3. The molecule has 0 aromatic heterocycles. The van der Waals surface area contributed by atoms with E-state index in [1.165, 1.54) is 12.1 Å². The van der Waals surface area contributed by atoms with Crippen LogP contribution < -0.4 is 0 Å². The summed E-state index contributed by atoms with van der Waals surface area (Å²) in [6.45, 7) is -0.400. The molecule has 1 aromatic carbocycles. The van der Waals surface area contributed by atoms with Crippen LogP contribution in [0.4, 0.5) is 13.2 Å². The summed E-state index contributed by atoms with van der Waals surface area (Å²) >= 11 is 0. The van der Waals surface area contributed by atoms with Crippen molar-refractivity contribution in [1.29, 1.82) is 0 Å². The zero-order valence-corrected chi connectivity index (χ0v) is 9.10. The fourth-order valence-electron chi connectivity index (χ4n) is 1.01. The predicted octanol–water partition coefficient (Wildman–Crippen LogP) is 2.18. The molecule has 1 aromatic rings. The topological polar surface area (TPSA) is 43.4 Å². The summed E-state index contributed by atoms with van der Waals surface area (Å²) in [6, 6.07) is 4.32. The Hall–Kier alpha value is -1.08. The Morgan fingerprint density at radius 2 is 1.94 bits per heavy atom. The molecule has 0 atom stereocenters. The van der Waals surface area contributed by atoms with Crippen molar-refractivity contribution in [3.63, 3.8) is 0 Å². The van der Waals surface area contributed by atoms with Gasteiger partial charge in [0.25, 0.3) is 10.1 Å². The third kappa shape index (κ3) is 4.19. The van der Waals surface area contributed by atoms with E-state index in [0.717, 1.165) is 18.4 Å². The molecule has 0 aliphatic heterocycles. The van der Waals surface area contributed by atoms with Crippen molar-refractivity contribution in [2.24, 2.45) is 0 Å². The fourth-order valence-corrected chi connectivity index (χ4v) is 1.36. The Kier molecular flexibility index (Phi) is 3.59. The first-order chi connectivity index (χ1) is 7.18. The van der Waals surface area contributed by atoms with Crippen LogP contribution in [0.2, 0.25) is 0 Å².